The van der Waals surface area contributed by atoms with Crippen molar-refractivity contribution in [1.29, 1.82) is 0 Å². The van der Waals surface area contributed by atoms with E-state index < -0.39 is 14.6 Å². The second-order valence-electron chi connectivity index (χ2n) is 6.55. The molecule has 7 heteroatoms. The number of sulfone groups is 1. The summed E-state index contributed by atoms with van der Waals surface area (Å²) in [6.07, 6.45) is 2.57. The van der Waals surface area contributed by atoms with Crippen LogP contribution in [-0.2, 0) is 9.84 Å². The fourth-order valence-corrected chi connectivity index (χ4v) is 4.26. The van der Waals surface area contributed by atoms with Gasteiger partial charge < -0.3 is 10.2 Å². The summed E-state index contributed by atoms with van der Waals surface area (Å²) in [6, 6.07) is 0.344. The number of carbonyl (C=O) groups is 1. The van der Waals surface area contributed by atoms with Crippen LogP contribution in [0.4, 0.5) is 4.79 Å². The van der Waals surface area contributed by atoms with Crippen LogP contribution in [0.25, 0.3) is 0 Å². The van der Waals surface area contributed by atoms with Gasteiger partial charge >= 0.3 is 6.03 Å². The predicted molar refractivity (Wildman–Crippen MR) is 83.1 cm³/mol. The number of nitrogens with one attached hydrogen (secondary N) is 1. The highest BCUT2D eigenvalue weighted by atomic mass is 32.2. The summed E-state index contributed by atoms with van der Waals surface area (Å²) < 4.78 is 22.8. The Balaban J connectivity index is 1.92. The van der Waals surface area contributed by atoms with Gasteiger partial charge in [0.2, 0.25) is 0 Å². The first-order valence-electron chi connectivity index (χ1n) is 7.68. The maximum Gasteiger partial charge on any atom is 0.317 e. The maximum absolute atomic E-state index is 12.4. The van der Waals surface area contributed by atoms with Gasteiger partial charge in [-0.3, -0.25) is 4.90 Å². The molecule has 2 amide bonds. The highest BCUT2D eigenvalue weighted by Gasteiger charge is 2.52. The number of hydrogen-bond acceptors (Lipinski definition) is 4. The molecule has 0 aromatic carbocycles. The summed E-state index contributed by atoms with van der Waals surface area (Å²) in [5.41, 5.74) is 0. The highest BCUT2D eigenvalue weighted by molar-refractivity contribution is 7.92. The normalized spacial score (nSPS) is 29.2. The molecule has 21 heavy (non-hydrogen) atoms. The molecule has 1 aliphatic carbocycles. The van der Waals surface area contributed by atoms with E-state index in [1.54, 1.807) is 0 Å². The zero-order chi connectivity index (χ0) is 15.8. The van der Waals surface area contributed by atoms with E-state index in [1.165, 1.54) is 6.26 Å². The van der Waals surface area contributed by atoms with Gasteiger partial charge in [-0.25, -0.2) is 13.2 Å². The first-order chi connectivity index (χ1) is 9.70. The number of piperazine rings is 1. The number of amides is 2. The summed E-state index contributed by atoms with van der Waals surface area (Å²) >= 11 is 0. The molecule has 0 radical (unpaired) electrons. The fourth-order valence-electron chi connectivity index (χ4n) is 3.08. The lowest BCUT2D eigenvalue weighted by Crippen LogP contribution is -2.60. The van der Waals surface area contributed by atoms with Gasteiger partial charge in [0.15, 0.2) is 9.84 Å². The van der Waals surface area contributed by atoms with Crippen LogP contribution in [0, 0.1) is 0 Å². The largest absolute Gasteiger partial charge is 0.336 e. The van der Waals surface area contributed by atoms with E-state index >= 15 is 0 Å². The Kier molecular flexibility index (Phi) is 4.54. The molecule has 2 unspecified atom stereocenters. The Morgan fingerprint density at radius 3 is 2.33 bits per heavy atom. The van der Waals surface area contributed by atoms with Crippen LogP contribution in [0.15, 0.2) is 0 Å². The molecule has 1 N–H and O–H groups in total. The van der Waals surface area contributed by atoms with Gasteiger partial charge in [-0.1, -0.05) is 6.92 Å². The second-order valence-corrected chi connectivity index (χ2v) is 8.96. The average Bonchev–Trinajstić information content (AvgIpc) is 3.18. The number of urea groups is 1. The smallest absolute Gasteiger partial charge is 0.317 e. The molecule has 122 valence electrons. The predicted octanol–water partition coefficient (Wildman–Crippen LogP) is 0.688. The number of carbonyl (C=O) groups excluding carboxylic acids is 1. The van der Waals surface area contributed by atoms with Gasteiger partial charge in [0.1, 0.15) is 0 Å². The van der Waals surface area contributed by atoms with Gasteiger partial charge in [0, 0.05) is 38.0 Å². The Bertz CT molecular complexity index is 502. The van der Waals surface area contributed by atoms with Crippen LogP contribution in [-0.4, -0.2) is 73.5 Å². The Hall–Kier alpha value is -0.820. The van der Waals surface area contributed by atoms with Crippen molar-refractivity contribution in [2.45, 2.75) is 50.4 Å². The lowest BCUT2D eigenvalue weighted by atomic mass is 10.1. The van der Waals surface area contributed by atoms with Crippen molar-refractivity contribution in [2.75, 3.05) is 32.4 Å². The van der Waals surface area contributed by atoms with E-state index in [4.69, 9.17) is 0 Å². The molecule has 1 heterocycles. The molecule has 2 fully saturated rings. The lowest BCUT2D eigenvalue weighted by Gasteiger charge is -2.43. The van der Waals surface area contributed by atoms with Crippen molar-refractivity contribution in [3.05, 3.63) is 0 Å². The molecule has 0 bridgehead atoms. The number of hydrogen-bond donors (Lipinski definition) is 1. The summed E-state index contributed by atoms with van der Waals surface area (Å²) in [5.74, 6) is 0. The number of rotatable bonds is 4. The molecule has 0 aromatic heterocycles. The van der Waals surface area contributed by atoms with Crippen molar-refractivity contribution in [3.8, 4) is 0 Å². The molecule has 1 saturated heterocycles. The van der Waals surface area contributed by atoms with E-state index in [0.29, 0.717) is 25.4 Å². The van der Waals surface area contributed by atoms with E-state index in [2.05, 4.69) is 24.1 Å². The fraction of sp³-hybridized carbons (Fsp3) is 0.929. The molecule has 2 atom stereocenters. The van der Waals surface area contributed by atoms with Crippen molar-refractivity contribution < 1.29 is 13.2 Å². The van der Waals surface area contributed by atoms with Crippen LogP contribution >= 0.6 is 0 Å². The topological polar surface area (TPSA) is 69.7 Å². The Morgan fingerprint density at radius 1 is 1.24 bits per heavy atom. The van der Waals surface area contributed by atoms with Crippen LogP contribution in [0.1, 0.15) is 33.6 Å². The maximum atomic E-state index is 12.4. The molecule has 0 spiro atoms. The minimum atomic E-state index is -3.10. The molecule has 6 nitrogen and oxygen atoms in total. The van der Waals surface area contributed by atoms with Gasteiger partial charge in [0.05, 0.1) is 4.75 Å². The molecule has 2 aliphatic rings. The standard InChI is InChI=1S/C14H27N3O3S/c1-5-16-8-12(3)17(9-11(16)2)13(18)15-10-14(6-7-14)21(4,19)20/h11-12H,5-10H2,1-4H3,(H,15,18). The van der Waals surface area contributed by atoms with E-state index in [-0.39, 0.29) is 18.6 Å². The van der Waals surface area contributed by atoms with Crippen molar-refractivity contribution in [1.82, 2.24) is 15.1 Å². The Morgan fingerprint density at radius 2 is 1.86 bits per heavy atom. The molecule has 2 rings (SSSR count). The molecule has 1 saturated carbocycles. The third kappa shape index (κ3) is 3.34. The van der Waals surface area contributed by atoms with Crippen LogP contribution < -0.4 is 5.32 Å². The monoisotopic (exact) mass is 317 g/mol. The summed E-state index contributed by atoms with van der Waals surface area (Å²) in [6.45, 7) is 9.06. The van der Waals surface area contributed by atoms with Gasteiger partial charge in [-0.15, -0.1) is 0 Å². The summed E-state index contributed by atoms with van der Waals surface area (Å²) in [5, 5.41) is 2.83. The minimum absolute atomic E-state index is 0.139. The third-order valence-electron chi connectivity index (χ3n) is 4.94. The van der Waals surface area contributed by atoms with Crippen LogP contribution in [0.5, 0.6) is 0 Å². The molecule has 0 aromatic rings. The number of nitrogens with zero attached hydrogens (tertiary/aromatic N) is 2. The minimum Gasteiger partial charge on any atom is -0.336 e. The quantitative estimate of drug-likeness (QED) is 0.828. The van der Waals surface area contributed by atoms with Gasteiger partial charge in [-0.05, 0) is 33.2 Å². The highest BCUT2D eigenvalue weighted by Crippen LogP contribution is 2.42. The SMILES string of the molecule is CCN1CC(C)N(C(=O)NCC2(S(C)(=O)=O)CC2)CC1C. The first kappa shape index (κ1) is 16.5. The van der Waals surface area contributed by atoms with Crippen molar-refractivity contribution in [3.63, 3.8) is 0 Å². The second kappa shape index (κ2) is 5.76. The van der Waals surface area contributed by atoms with E-state index in [9.17, 15) is 13.2 Å². The van der Waals surface area contributed by atoms with Gasteiger partial charge in [0.25, 0.3) is 0 Å². The third-order valence-corrected chi connectivity index (χ3v) is 7.06. The first-order valence-corrected chi connectivity index (χ1v) is 9.57. The van der Waals surface area contributed by atoms with E-state index in [0.717, 1.165) is 13.1 Å². The number of likely N-dealkylation sites (N-methyl/N-ethyl adjacent to an activating group) is 1. The zero-order valence-electron chi connectivity index (χ0n) is 13.4. The van der Waals surface area contributed by atoms with Crippen molar-refractivity contribution in [2.24, 2.45) is 0 Å². The van der Waals surface area contributed by atoms with E-state index in [1.807, 2.05) is 11.8 Å². The van der Waals surface area contributed by atoms with Crippen LogP contribution in [0.2, 0.25) is 0 Å². The lowest BCUT2D eigenvalue weighted by molar-refractivity contribution is 0.0670. The molecule has 1 aliphatic heterocycles. The van der Waals surface area contributed by atoms with Gasteiger partial charge in [-0.2, -0.15) is 0 Å². The summed E-state index contributed by atoms with van der Waals surface area (Å²) in [7, 11) is -3.10. The summed E-state index contributed by atoms with van der Waals surface area (Å²) in [4.78, 5) is 16.5. The molecular weight excluding hydrogens is 290 g/mol. The zero-order valence-corrected chi connectivity index (χ0v) is 14.2. The van der Waals surface area contributed by atoms with Crippen molar-refractivity contribution >= 4 is 15.9 Å². The average molecular weight is 317 g/mol. The van der Waals surface area contributed by atoms with Crippen LogP contribution in [0.3, 0.4) is 0 Å². The molecular formula is C14H27N3O3S. The Labute approximate surface area is 127 Å².